The smallest absolute Gasteiger partial charge is 0.271 e. The number of halogens is 1. The average Bonchev–Trinajstić information content (AvgIpc) is 3.02. The lowest BCUT2D eigenvalue weighted by atomic mass is 10.2. The molecule has 0 atom stereocenters. The minimum atomic E-state index is -0.0433. The third-order valence-corrected chi connectivity index (χ3v) is 5.99. The Bertz CT molecular complexity index is 1200. The molecule has 0 saturated carbocycles. The van der Waals surface area contributed by atoms with Gasteiger partial charge in [0, 0.05) is 10.2 Å². The van der Waals surface area contributed by atoms with Crippen LogP contribution in [0.1, 0.15) is 5.56 Å². The molecule has 0 saturated heterocycles. The van der Waals surface area contributed by atoms with Gasteiger partial charge in [0.1, 0.15) is 13.3 Å². The molecule has 0 unspecified atom stereocenters. The zero-order chi connectivity index (χ0) is 19.7. The Morgan fingerprint density at radius 2 is 1.96 bits per heavy atom. The second kappa shape index (κ2) is 7.81. The molecule has 1 aliphatic rings. The van der Waals surface area contributed by atoms with E-state index in [4.69, 9.17) is 9.47 Å². The Morgan fingerprint density at radius 1 is 1.14 bits per heavy atom. The largest absolute Gasteiger partial charge is 0.493 e. The maximum atomic E-state index is 12.9. The van der Waals surface area contributed by atoms with E-state index in [-0.39, 0.29) is 5.56 Å². The van der Waals surface area contributed by atoms with Crippen LogP contribution in [-0.2, 0) is 6.67 Å². The zero-order valence-electron chi connectivity index (χ0n) is 15.4. The van der Waals surface area contributed by atoms with Crippen molar-refractivity contribution >= 4 is 39.0 Å². The predicted octanol–water partition coefficient (Wildman–Crippen LogP) is 2.57. The van der Waals surface area contributed by atoms with E-state index in [2.05, 4.69) is 25.8 Å². The summed E-state index contributed by atoms with van der Waals surface area (Å²) < 4.78 is 14.0. The minimum Gasteiger partial charge on any atom is -0.493 e. The standard InChI is InChI=1S/C20H18BrN3O3S/c1-26-16-7-6-13(8-17(16)27-2)9-18-19(25)24-12-23(11-22-20(24)28-18)15-5-3-4-14(21)10-15/h3-10H,11-12H2,1-2H3/b18-9-. The monoisotopic (exact) mass is 459 g/mol. The molecule has 0 amide bonds. The van der Waals surface area contributed by atoms with Gasteiger partial charge in [-0.05, 0) is 42.0 Å². The van der Waals surface area contributed by atoms with E-state index >= 15 is 0 Å². The van der Waals surface area contributed by atoms with Crippen LogP contribution in [0, 0.1) is 0 Å². The summed E-state index contributed by atoms with van der Waals surface area (Å²) in [6.07, 6.45) is 1.86. The maximum absolute atomic E-state index is 12.9. The first-order valence-electron chi connectivity index (χ1n) is 8.57. The van der Waals surface area contributed by atoms with Gasteiger partial charge in [-0.15, -0.1) is 0 Å². The quantitative estimate of drug-likeness (QED) is 0.601. The Kier molecular flexibility index (Phi) is 5.23. The minimum absolute atomic E-state index is 0.0433. The second-order valence-electron chi connectivity index (χ2n) is 6.20. The first-order valence-corrected chi connectivity index (χ1v) is 10.2. The van der Waals surface area contributed by atoms with Crippen LogP contribution in [0.15, 0.2) is 56.7 Å². The van der Waals surface area contributed by atoms with E-state index in [9.17, 15) is 4.79 Å². The van der Waals surface area contributed by atoms with Gasteiger partial charge >= 0.3 is 0 Å². The Labute approximate surface area is 174 Å². The number of benzene rings is 2. The lowest BCUT2D eigenvalue weighted by Crippen LogP contribution is -2.42. The van der Waals surface area contributed by atoms with Crippen molar-refractivity contribution in [2.45, 2.75) is 6.67 Å². The van der Waals surface area contributed by atoms with E-state index in [1.165, 1.54) is 11.3 Å². The lowest BCUT2D eigenvalue weighted by molar-refractivity contribution is 0.355. The van der Waals surface area contributed by atoms with Gasteiger partial charge in [0.2, 0.25) is 0 Å². The molecule has 0 radical (unpaired) electrons. The molecule has 1 aromatic heterocycles. The number of methoxy groups -OCH3 is 2. The molecule has 28 heavy (non-hydrogen) atoms. The van der Waals surface area contributed by atoms with Crippen LogP contribution in [0.2, 0.25) is 0 Å². The summed E-state index contributed by atoms with van der Waals surface area (Å²) in [6.45, 7) is 0.997. The number of nitrogens with zero attached hydrogens (tertiary/aromatic N) is 3. The van der Waals surface area contributed by atoms with E-state index in [1.807, 2.05) is 48.5 Å². The molecule has 0 N–H and O–H groups in total. The molecule has 2 heterocycles. The van der Waals surface area contributed by atoms with Crippen LogP contribution in [0.3, 0.4) is 0 Å². The number of ether oxygens (including phenoxy) is 2. The average molecular weight is 460 g/mol. The van der Waals surface area contributed by atoms with Gasteiger partial charge in [-0.25, -0.2) is 4.99 Å². The summed E-state index contributed by atoms with van der Waals surface area (Å²) in [5.41, 5.74) is 1.85. The zero-order valence-corrected chi connectivity index (χ0v) is 17.8. The molecule has 1 aliphatic heterocycles. The van der Waals surface area contributed by atoms with Crippen molar-refractivity contribution in [1.29, 1.82) is 0 Å². The Hall–Kier alpha value is -2.58. The van der Waals surface area contributed by atoms with Gasteiger partial charge in [0.15, 0.2) is 16.3 Å². The van der Waals surface area contributed by atoms with Crippen LogP contribution in [0.5, 0.6) is 11.5 Å². The van der Waals surface area contributed by atoms with Crippen LogP contribution < -0.4 is 29.3 Å². The fourth-order valence-corrected chi connectivity index (χ4v) is 4.39. The highest BCUT2D eigenvalue weighted by molar-refractivity contribution is 9.10. The van der Waals surface area contributed by atoms with Crippen molar-refractivity contribution in [2.24, 2.45) is 4.99 Å². The van der Waals surface area contributed by atoms with E-state index in [1.54, 1.807) is 18.8 Å². The number of aromatic nitrogens is 1. The number of rotatable bonds is 4. The molecule has 6 nitrogen and oxygen atoms in total. The first kappa shape index (κ1) is 18.8. The van der Waals surface area contributed by atoms with Crippen molar-refractivity contribution in [3.05, 3.63) is 72.2 Å². The highest BCUT2D eigenvalue weighted by atomic mass is 79.9. The van der Waals surface area contributed by atoms with Gasteiger partial charge in [-0.2, -0.15) is 0 Å². The van der Waals surface area contributed by atoms with Crippen molar-refractivity contribution in [3.63, 3.8) is 0 Å². The molecule has 8 heteroatoms. The summed E-state index contributed by atoms with van der Waals surface area (Å²) >= 11 is 4.89. The van der Waals surface area contributed by atoms with Gasteiger partial charge in [-0.3, -0.25) is 9.36 Å². The summed E-state index contributed by atoms with van der Waals surface area (Å²) in [5, 5.41) is 0. The molecular weight excluding hydrogens is 442 g/mol. The van der Waals surface area contributed by atoms with E-state index in [0.29, 0.717) is 29.4 Å². The Morgan fingerprint density at radius 3 is 2.71 bits per heavy atom. The summed E-state index contributed by atoms with van der Waals surface area (Å²) in [5.74, 6) is 1.28. The highest BCUT2D eigenvalue weighted by Crippen LogP contribution is 2.27. The van der Waals surface area contributed by atoms with Crippen LogP contribution in [0.4, 0.5) is 5.69 Å². The summed E-state index contributed by atoms with van der Waals surface area (Å²) in [7, 11) is 3.19. The predicted molar refractivity (Wildman–Crippen MR) is 114 cm³/mol. The molecule has 144 valence electrons. The lowest BCUT2D eigenvalue weighted by Gasteiger charge is -2.25. The first-order chi connectivity index (χ1) is 13.6. The number of hydrogen-bond acceptors (Lipinski definition) is 6. The number of thiazole rings is 1. The molecule has 0 spiro atoms. The summed E-state index contributed by atoms with van der Waals surface area (Å²) in [6, 6.07) is 13.6. The van der Waals surface area contributed by atoms with E-state index in [0.717, 1.165) is 20.5 Å². The van der Waals surface area contributed by atoms with Crippen molar-refractivity contribution in [2.75, 3.05) is 25.8 Å². The molecule has 4 rings (SSSR count). The second-order valence-corrected chi connectivity index (χ2v) is 8.13. The van der Waals surface area contributed by atoms with Crippen molar-refractivity contribution in [3.8, 4) is 11.5 Å². The van der Waals surface area contributed by atoms with E-state index < -0.39 is 0 Å². The van der Waals surface area contributed by atoms with Gasteiger partial charge in [0.25, 0.3) is 5.56 Å². The van der Waals surface area contributed by atoms with Crippen LogP contribution >= 0.6 is 27.3 Å². The summed E-state index contributed by atoms with van der Waals surface area (Å²) in [4.78, 5) is 20.3. The molecule has 2 aromatic carbocycles. The van der Waals surface area contributed by atoms with Gasteiger partial charge < -0.3 is 14.4 Å². The normalized spacial score (nSPS) is 13.8. The fraction of sp³-hybridized carbons (Fsp3) is 0.200. The SMILES string of the molecule is COc1ccc(/C=c2\sc3n(c2=O)CN(c2cccc(Br)c2)CN=3)cc1OC. The molecule has 0 bridgehead atoms. The molecular formula is C20H18BrN3O3S. The number of fused-ring (bicyclic) bond motifs is 1. The fourth-order valence-electron chi connectivity index (χ4n) is 3.04. The number of hydrogen-bond donors (Lipinski definition) is 0. The highest BCUT2D eigenvalue weighted by Gasteiger charge is 2.16. The van der Waals surface area contributed by atoms with Crippen LogP contribution in [0.25, 0.3) is 6.08 Å². The van der Waals surface area contributed by atoms with Gasteiger partial charge in [-0.1, -0.05) is 39.4 Å². The van der Waals surface area contributed by atoms with Gasteiger partial charge in [0.05, 0.1) is 18.8 Å². The third kappa shape index (κ3) is 3.57. The van der Waals surface area contributed by atoms with Crippen molar-refractivity contribution in [1.82, 2.24) is 4.57 Å². The number of anilines is 1. The molecule has 0 aliphatic carbocycles. The topological polar surface area (TPSA) is 56.1 Å². The third-order valence-electron chi connectivity index (χ3n) is 4.46. The molecule has 0 fully saturated rings. The molecule has 3 aromatic rings. The maximum Gasteiger partial charge on any atom is 0.271 e. The van der Waals surface area contributed by atoms with Crippen molar-refractivity contribution < 1.29 is 9.47 Å². The Balaban J connectivity index is 1.70. The van der Waals surface area contributed by atoms with Crippen LogP contribution in [-0.4, -0.2) is 25.5 Å².